The van der Waals surface area contributed by atoms with Gasteiger partial charge in [-0.25, -0.2) is 0 Å². The van der Waals surface area contributed by atoms with Gasteiger partial charge in [0.05, 0.1) is 0 Å². The maximum absolute atomic E-state index is 11.2. The number of nitrogens with one attached hydrogen (secondary N) is 1. The molecule has 0 saturated heterocycles. The maximum atomic E-state index is 11.2. The predicted octanol–water partition coefficient (Wildman–Crippen LogP) is 1.96. The Morgan fingerprint density at radius 3 is 2.35 bits per heavy atom. The Hall–Kier alpha value is -1.58. The van der Waals surface area contributed by atoms with Crippen LogP contribution in [-0.2, 0) is 6.42 Å². The lowest BCUT2D eigenvalue weighted by Gasteiger charge is -2.02. The third kappa shape index (κ3) is 3.44. The Bertz CT molecular complexity index is 519. The minimum atomic E-state index is -0.0801. The van der Waals surface area contributed by atoms with Crippen LogP contribution in [0.1, 0.15) is 5.56 Å². The molecule has 0 aliphatic carbocycles. The van der Waals surface area contributed by atoms with Crippen LogP contribution in [0.3, 0.4) is 0 Å². The summed E-state index contributed by atoms with van der Waals surface area (Å²) in [5.74, 6) is 0. The summed E-state index contributed by atoms with van der Waals surface area (Å²) >= 11 is 0. The van der Waals surface area contributed by atoms with E-state index in [9.17, 15) is 4.79 Å². The fourth-order valence-corrected chi connectivity index (χ4v) is 1.65. The average Bonchev–Trinajstić information content (AvgIpc) is 2.30. The second-order valence-corrected chi connectivity index (χ2v) is 3.68. The first kappa shape index (κ1) is 13.5. The zero-order valence-electron chi connectivity index (χ0n) is 9.35. The molecule has 3 nitrogen and oxygen atoms in total. The molecule has 0 aliphatic heterocycles. The van der Waals surface area contributed by atoms with E-state index >= 15 is 0 Å². The van der Waals surface area contributed by atoms with Gasteiger partial charge in [0.2, 0.25) is 5.56 Å². The van der Waals surface area contributed by atoms with Crippen LogP contribution in [0, 0.1) is 0 Å². The van der Waals surface area contributed by atoms with Crippen LogP contribution in [0.2, 0.25) is 0 Å². The summed E-state index contributed by atoms with van der Waals surface area (Å²) in [4.78, 5) is 13.8. The number of hydrogen-bond acceptors (Lipinski definition) is 2. The van der Waals surface area contributed by atoms with Gasteiger partial charge in [0, 0.05) is 12.3 Å². The molecule has 0 aliphatic rings. The molecule has 0 amide bonds. The van der Waals surface area contributed by atoms with E-state index in [1.807, 2.05) is 30.3 Å². The van der Waals surface area contributed by atoms with Crippen LogP contribution in [-0.4, -0.2) is 11.5 Å². The average molecular weight is 251 g/mol. The largest absolute Gasteiger partial charge is 0.330 e. The molecule has 0 unspecified atom stereocenters. The molecule has 0 radical (unpaired) electrons. The Balaban J connectivity index is 0.00000144. The van der Waals surface area contributed by atoms with E-state index in [4.69, 9.17) is 5.73 Å². The molecule has 0 fully saturated rings. The molecule has 0 saturated carbocycles. The first-order valence-electron chi connectivity index (χ1n) is 5.28. The molecule has 0 bridgehead atoms. The zero-order valence-corrected chi connectivity index (χ0v) is 10.2. The van der Waals surface area contributed by atoms with E-state index in [2.05, 4.69) is 4.98 Å². The monoisotopic (exact) mass is 250 g/mol. The van der Waals surface area contributed by atoms with Crippen LogP contribution >= 0.6 is 12.4 Å². The molecule has 0 spiro atoms. The molecule has 90 valence electrons. The number of halogens is 1. The molecular formula is C13H15ClN2O. The van der Waals surface area contributed by atoms with Crippen molar-refractivity contribution in [3.63, 3.8) is 0 Å². The summed E-state index contributed by atoms with van der Waals surface area (Å²) in [7, 11) is 0. The minimum Gasteiger partial charge on any atom is -0.330 e. The second kappa shape index (κ2) is 6.23. The fourth-order valence-electron chi connectivity index (χ4n) is 1.65. The Morgan fingerprint density at radius 1 is 1.06 bits per heavy atom. The van der Waals surface area contributed by atoms with Gasteiger partial charge in [-0.3, -0.25) is 4.79 Å². The van der Waals surface area contributed by atoms with Crippen molar-refractivity contribution in [1.29, 1.82) is 0 Å². The third-order valence-electron chi connectivity index (χ3n) is 2.50. The second-order valence-electron chi connectivity index (χ2n) is 3.68. The smallest absolute Gasteiger partial charge is 0.248 e. The summed E-state index contributed by atoms with van der Waals surface area (Å²) in [6, 6.07) is 11.6. The number of nitrogens with two attached hydrogens (primary N) is 1. The SMILES string of the molecule is Cl.NCCc1ccc(-c2cc[nH]c(=O)c2)cc1. The lowest BCUT2D eigenvalue weighted by molar-refractivity contribution is 0.969. The lowest BCUT2D eigenvalue weighted by Crippen LogP contribution is -2.03. The number of aromatic amines is 1. The van der Waals surface area contributed by atoms with E-state index in [1.165, 1.54) is 5.56 Å². The van der Waals surface area contributed by atoms with Gasteiger partial charge in [-0.2, -0.15) is 0 Å². The van der Waals surface area contributed by atoms with Crippen LogP contribution < -0.4 is 11.3 Å². The molecule has 1 aromatic carbocycles. The number of benzene rings is 1. The number of pyridine rings is 1. The number of hydrogen-bond donors (Lipinski definition) is 2. The van der Waals surface area contributed by atoms with Crippen molar-refractivity contribution in [2.45, 2.75) is 6.42 Å². The van der Waals surface area contributed by atoms with Crippen molar-refractivity contribution in [2.75, 3.05) is 6.54 Å². The minimum absolute atomic E-state index is 0. The molecule has 4 heteroatoms. The van der Waals surface area contributed by atoms with Crippen LogP contribution in [0.5, 0.6) is 0 Å². The molecule has 17 heavy (non-hydrogen) atoms. The van der Waals surface area contributed by atoms with E-state index < -0.39 is 0 Å². The van der Waals surface area contributed by atoms with Crippen LogP contribution in [0.4, 0.5) is 0 Å². The van der Waals surface area contributed by atoms with E-state index in [-0.39, 0.29) is 18.0 Å². The van der Waals surface area contributed by atoms with Gasteiger partial charge in [0.25, 0.3) is 0 Å². The topological polar surface area (TPSA) is 58.9 Å². The van der Waals surface area contributed by atoms with Crippen molar-refractivity contribution >= 4 is 12.4 Å². The van der Waals surface area contributed by atoms with E-state index in [1.54, 1.807) is 12.3 Å². The summed E-state index contributed by atoms with van der Waals surface area (Å²) in [5.41, 5.74) is 8.60. The first-order chi connectivity index (χ1) is 7.79. The van der Waals surface area contributed by atoms with Gasteiger partial charge in [-0.15, -0.1) is 12.4 Å². The van der Waals surface area contributed by atoms with Crippen molar-refractivity contribution < 1.29 is 0 Å². The molecular weight excluding hydrogens is 236 g/mol. The summed E-state index contributed by atoms with van der Waals surface area (Å²) in [6.45, 7) is 0.657. The quantitative estimate of drug-likeness (QED) is 0.875. The Kier molecular flexibility index (Phi) is 4.94. The predicted molar refractivity (Wildman–Crippen MR) is 72.5 cm³/mol. The highest BCUT2D eigenvalue weighted by molar-refractivity contribution is 5.85. The van der Waals surface area contributed by atoms with Crippen molar-refractivity contribution in [3.8, 4) is 11.1 Å². The lowest BCUT2D eigenvalue weighted by atomic mass is 10.0. The Labute approximate surface area is 106 Å². The molecule has 1 heterocycles. The van der Waals surface area contributed by atoms with E-state index in [0.717, 1.165) is 17.5 Å². The molecule has 3 N–H and O–H groups in total. The van der Waals surface area contributed by atoms with Crippen LogP contribution in [0.15, 0.2) is 47.4 Å². The standard InChI is InChI=1S/C13H14N2O.ClH/c14-7-5-10-1-3-11(4-2-10)12-6-8-15-13(16)9-12;/h1-4,6,8-9H,5,7,14H2,(H,15,16);1H. The highest BCUT2D eigenvalue weighted by Gasteiger charge is 1.98. The highest BCUT2D eigenvalue weighted by atomic mass is 35.5. The van der Waals surface area contributed by atoms with Gasteiger partial charge >= 0.3 is 0 Å². The number of rotatable bonds is 3. The van der Waals surface area contributed by atoms with Gasteiger partial charge in [-0.1, -0.05) is 24.3 Å². The van der Waals surface area contributed by atoms with Crippen molar-refractivity contribution in [1.82, 2.24) is 4.98 Å². The molecule has 0 atom stereocenters. The third-order valence-corrected chi connectivity index (χ3v) is 2.50. The van der Waals surface area contributed by atoms with Gasteiger partial charge in [0.15, 0.2) is 0 Å². The molecule has 1 aromatic heterocycles. The fraction of sp³-hybridized carbons (Fsp3) is 0.154. The van der Waals surface area contributed by atoms with Crippen LogP contribution in [0.25, 0.3) is 11.1 Å². The summed E-state index contributed by atoms with van der Waals surface area (Å²) in [6.07, 6.45) is 2.54. The first-order valence-corrected chi connectivity index (χ1v) is 5.28. The highest BCUT2D eigenvalue weighted by Crippen LogP contribution is 2.17. The zero-order chi connectivity index (χ0) is 11.4. The molecule has 2 rings (SSSR count). The summed E-state index contributed by atoms with van der Waals surface area (Å²) in [5, 5.41) is 0. The Morgan fingerprint density at radius 2 is 1.76 bits per heavy atom. The summed E-state index contributed by atoms with van der Waals surface area (Å²) < 4.78 is 0. The van der Waals surface area contributed by atoms with Gasteiger partial charge < -0.3 is 10.7 Å². The van der Waals surface area contributed by atoms with Crippen molar-refractivity contribution in [2.24, 2.45) is 5.73 Å². The van der Waals surface area contributed by atoms with Gasteiger partial charge in [0.1, 0.15) is 0 Å². The number of H-pyrrole nitrogens is 1. The van der Waals surface area contributed by atoms with Gasteiger partial charge in [-0.05, 0) is 35.7 Å². The van der Waals surface area contributed by atoms with E-state index in [0.29, 0.717) is 6.54 Å². The number of aromatic nitrogens is 1. The maximum Gasteiger partial charge on any atom is 0.248 e. The normalized spacial score (nSPS) is 9.71. The molecule has 2 aromatic rings. The van der Waals surface area contributed by atoms with Crippen molar-refractivity contribution in [3.05, 3.63) is 58.5 Å².